The van der Waals surface area contributed by atoms with E-state index in [1.54, 1.807) is 31.3 Å². The van der Waals surface area contributed by atoms with Crippen molar-refractivity contribution in [1.82, 2.24) is 4.90 Å². The molecule has 3 aromatic rings. The van der Waals surface area contributed by atoms with Gasteiger partial charge in [0.05, 0.1) is 20.3 Å². The maximum absolute atomic E-state index is 13.4. The fourth-order valence-electron chi connectivity index (χ4n) is 4.34. The molecule has 0 aromatic heterocycles. The second-order valence-corrected chi connectivity index (χ2v) is 9.28. The van der Waals surface area contributed by atoms with Crippen LogP contribution in [-0.2, 0) is 6.42 Å². The number of nitrogens with one attached hydrogen (secondary N) is 1. The van der Waals surface area contributed by atoms with Gasteiger partial charge in [0.2, 0.25) is 0 Å². The average molecular weight is 495 g/mol. The van der Waals surface area contributed by atoms with Crippen LogP contribution < -0.4 is 19.5 Å². The molecule has 1 aliphatic rings. The number of carbonyl (C=O) groups excluding carboxylic acids is 1. The first kappa shape index (κ1) is 24.7. The minimum absolute atomic E-state index is 0.212. The molecular formula is C28H31ClN2O4. The summed E-state index contributed by atoms with van der Waals surface area (Å²) in [5, 5.41) is 3.54. The van der Waals surface area contributed by atoms with Gasteiger partial charge in [0.15, 0.2) is 11.5 Å². The number of hydrogen-bond acceptors (Lipinski definition) is 4. The Kier molecular flexibility index (Phi) is 7.71. The smallest absolute Gasteiger partial charge is 0.322 e. The van der Waals surface area contributed by atoms with E-state index < -0.39 is 0 Å². The SMILES string of the molecule is COc1cc2c(cc1OC)[C@H](COc1ccc(C(C)C)cc1)N(C(=O)Nc1cccc(Cl)c1)CC2. The van der Waals surface area contributed by atoms with E-state index in [2.05, 4.69) is 31.3 Å². The Hall–Kier alpha value is -3.38. The Balaban J connectivity index is 1.62. The first-order valence-corrected chi connectivity index (χ1v) is 12.1. The van der Waals surface area contributed by atoms with Crippen molar-refractivity contribution < 1.29 is 19.0 Å². The van der Waals surface area contributed by atoms with Gasteiger partial charge >= 0.3 is 6.03 Å². The van der Waals surface area contributed by atoms with Crippen LogP contribution in [0.1, 0.15) is 42.5 Å². The van der Waals surface area contributed by atoms with E-state index in [9.17, 15) is 4.79 Å². The Labute approximate surface area is 211 Å². The molecular weight excluding hydrogens is 464 g/mol. The van der Waals surface area contributed by atoms with Crippen LogP contribution in [0, 0.1) is 0 Å². The number of methoxy groups -OCH3 is 2. The maximum Gasteiger partial charge on any atom is 0.322 e. The zero-order valence-electron chi connectivity index (χ0n) is 20.5. The number of rotatable bonds is 7. The van der Waals surface area contributed by atoms with E-state index in [0.29, 0.717) is 47.7 Å². The topological polar surface area (TPSA) is 60.0 Å². The van der Waals surface area contributed by atoms with Crippen LogP contribution in [0.3, 0.4) is 0 Å². The highest BCUT2D eigenvalue weighted by Gasteiger charge is 2.33. The normalized spacial score (nSPS) is 14.9. The van der Waals surface area contributed by atoms with Crippen molar-refractivity contribution in [3.63, 3.8) is 0 Å². The Morgan fingerprint density at radius 2 is 1.77 bits per heavy atom. The number of carbonyl (C=O) groups is 1. The van der Waals surface area contributed by atoms with Crippen molar-refractivity contribution in [2.45, 2.75) is 32.2 Å². The van der Waals surface area contributed by atoms with Crippen molar-refractivity contribution in [1.29, 1.82) is 0 Å². The van der Waals surface area contributed by atoms with E-state index in [1.807, 2.05) is 36.4 Å². The van der Waals surface area contributed by atoms with E-state index in [4.69, 9.17) is 25.8 Å². The second-order valence-electron chi connectivity index (χ2n) is 8.84. The summed E-state index contributed by atoms with van der Waals surface area (Å²) in [6, 6.07) is 18.6. The van der Waals surface area contributed by atoms with Gasteiger partial charge in [-0.1, -0.05) is 43.6 Å². The van der Waals surface area contributed by atoms with Gasteiger partial charge in [0.1, 0.15) is 12.4 Å². The third-order valence-corrected chi connectivity index (χ3v) is 6.53. The molecule has 0 aliphatic carbocycles. The van der Waals surface area contributed by atoms with Gasteiger partial charge in [-0.25, -0.2) is 4.79 Å². The molecule has 0 unspecified atom stereocenters. The summed E-state index contributed by atoms with van der Waals surface area (Å²) < 4.78 is 17.3. The van der Waals surface area contributed by atoms with E-state index >= 15 is 0 Å². The predicted molar refractivity (Wildman–Crippen MR) is 139 cm³/mol. The Morgan fingerprint density at radius 3 is 2.43 bits per heavy atom. The maximum atomic E-state index is 13.4. The first-order chi connectivity index (χ1) is 16.9. The number of amides is 2. The molecule has 3 aromatic carbocycles. The molecule has 7 heteroatoms. The van der Waals surface area contributed by atoms with Gasteiger partial charge in [-0.15, -0.1) is 0 Å². The lowest BCUT2D eigenvalue weighted by Crippen LogP contribution is -2.44. The summed E-state index contributed by atoms with van der Waals surface area (Å²) in [6.45, 7) is 5.15. The highest BCUT2D eigenvalue weighted by Crippen LogP contribution is 2.38. The van der Waals surface area contributed by atoms with Crippen LogP contribution in [0.2, 0.25) is 5.02 Å². The minimum atomic E-state index is -0.317. The van der Waals surface area contributed by atoms with E-state index in [-0.39, 0.29) is 12.1 Å². The monoisotopic (exact) mass is 494 g/mol. The molecule has 0 spiro atoms. The number of ether oxygens (including phenoxy) is 3. The van der Waals surface area contributed by atoms with Gasteiger partial charge in [-0.05, 0) is 71.5 Å². The summed E-state index contributed by atoms with van der Waals surface area (Å²) in [7, 11) is 3.23. The van der Waals surface area contributed by atoms with Gasteiger partial charge in [0, 0.05) is 17.3 Å². The number of anilines is 1. The lowest BCUT2D eigenvalue weighted by Gasteiger charge is -2.37. The lowest BCUT2D eigenvalue weighted by molar-refractivity contribution is 0.144. The summed E-state index contributed by atoms with van der Waals surface area (Å²) >= 11 is 6.11. The highest BCUT2D eigenvalue weighted by molar-refractivity contribution is 6.30. The van der Waals surface area contributed by atoms with E-state index in [1.165, 1.54) is 5.56 Å². The molecule has 1 aliphatic heterocycles. The molecule has 6 nitrogen and oxygen atoms in total. The summed E-state index contributed by atoms with van der Waals surface area (Å²) in [4.78, 5) is 15.2. The van der Waals surface area contributed by atoms with Crippen molar-refractivity contribution in [3.8, 4) is 17.2 Å². The van der Waals surface area contributed by atoms with Gasteiger partial charge in [-0.2, -0.15) is 0 Å². The molecule has 0 radical (unpaired) electrons. The number of nitrogens with zero attached hydrogens (tertiary/aromatic N) is 1. The van der Waals surface area contributed by atoms with Crippen LogP contribution in [0.5, 0.6) is 17.2 Å². The molecule has 1 N–H and O–H groups in total. The molecule has 184 valence electrons. The van der Waals surface area contributed by atoms with E-state index in [0.717, 1.165) is 16.9 Å². The Morgan fingerprint density at radius 1 is 1.06 bits per heavy atom. The first-order valence-electron chi connectivity index (χ1n) is 11.7. The highest BCUT2D eigenvalue weighted by atomic mass is 35.5. The zero-order chi connectivity index (χ0) is 24.9. The van der Waals surface area contributed by atoms with Crippen LogP contribution in [0.25, 0.3) is 0 Å². The zero-order valence-corrected chi connectivity index (χ0v) is 21.3. The molecule has 1 heterocycles. The van der Waals surface area contributed by atoms with Crippen molar-refractivity contribution in [2.24, 2.45) is 0 Å². The summed E-state index contributed by atoms with van der Waals surface area (Å²) in [6.07, 6.45) is 0.693. The predicted octanol–water partition coefficient (Wildman–Crippen LogP) is 6.69. The second kappa shape index (κ2) is 10.9. The summed E-state index contributed by atoms with van der Waals surface area (Å²) in [5.41, 5.74) is 3.98. The molecule has 2 amide bonds. The summed E-state index contributed by atoms with van der Waals surface area (Å²) in [5.74, 6) is 2.50. The number of urea groups is 1. The fourth-order valence-corrected chi connectivity index (χ4v) is 4.53. The van der Waals surface area contributed by atoms with Crippen molar-refractivity contribution in [2.75, 3.05) is 32.7 Å². The third kappa shape index (κ3) is 5.65. The molecule has 0 bridgehead atoms. The standard InChI is InChI=1S/C28H31ClN2O4/c1-18(2)19-8-10-23(11-9-19)35-17-25-24-16-27(34-4)26(33-3)14-20(24)12-13-31(25)28(32)30-22-7-5-6-21(29)15-22/h5-11,14-16,18,25H,12-13,17H2,1-4H3,(H,30,32)/t25-/m0/s1. The van der Waals surface area contributed by atoms with Crippen LogP contribution in [-0.4, -0.2) is 38.3 Å². The van der Waals surface area contributed by atoms with Crippen LogP contribution in [0.4, 0.5) is 10.5 Å². The van der Waals surface area contributed by atoms with Crippen molar-refractivity contribution in [3.05, 3.63) is 82.4 Å². The minimum Gasteiger partial charge on any atom is -0.493 e. The largest absolute Gasteiger partial charge is 0.493 e. The van der Waals surface area contributed by atoms with Crippen LogP contribution >= 0.6 is 11.6 Å². The fraction of sp³-hybridized carbons (Fsp3) is 0.321. The van der Waals surface area contributed by atoms with Crippen LogP contribution in [0.15, 0.2) is 60.7 Å². The molecule has 35 heavy (non-hydrogen) atoms. The molecule has 0 saturated heterocycles. The number of benzene rings is 3. The quantitative estimate of drug-likeness (QED) is 0.397. The van der Waals surface area contributed by atoms with Gasteiger partial charge < -0.3 is 24.4 Å². The van der Waals surface area contributed by atoms with Crippen molar-refractivity contribution >= 4 is 23.3 Å². The van der Waals surface area contributed by atoms with Gasteiger partial charge in [-0.3, -0.25) is 0 Å². The molecule has 0 fully saturated rings. The molecule has 1 atom stereocenters. The lowest BCUT2D eigenvalue weighted by atomic mass is 9.92. The van der Waals surface area contributed by atoms with Gasteiger partial charge in [0.25, 0.3) is 0 Å². The third-order valence-electron chi connectivity index (χ3n) is 6.29. The average Bonchev–Trinajstić information content (AvgIpc) is 2.86. The number of hydrogen-bond donors (Lipinski definition) is 1. The number of halogens is 1. The molecule has 4 rings (SSSR count). The number of fused-ring (bicyclic) bond motifs is 1. The molecule has 0 saturated carbocycles. The Bertz CT molecular complexity index is 1180.